The van der Waals surface area contributed by atoms with Crippen molar-refractivity contribution < 1.29 is 18.3 Å². The second-order valence-electron chi connectivity index (χ2n) is 4.41. The number of amides is 1. The van der Waals surface area contributed by atoms with Crippen LogP contribution in [0.1, 0.15) is 12.0 Å². The number of rotatable bonds is 8. The van der Waals surface area contributed by atoms with E-state index >= 15 is 0 Å². The molecular weight excluding hydrogens is 266 g/mol. The summed E-state index contributed by atoms with van der Waals surface area (Å²) in [6.07, 6.45) is 0.485. The van der Waals surface area contributed by atoms with E-state index in [0.717, 1.165) is 6.07 Å². The van der Waals surface area contributed by atoms with Crippen LogP contribution in [-0.2, 0) is 16.0 Å². The Morgan fingerprint density at radius 1 is 1.35 bits per heavy atom. The van der Waals surface area contributed by atoms with Gasteiger partial charge in [-0.1, -0.05) is 12.1 Å². The monoisotopic (exact) mass is 286 g/mol. The third kappa shape index (κ3) is 4.86. The maximum Gasteiger partial charge on any atom is 0.227 e. The van der Waals surface area contributed by atoms with E-state index in [1.54, 1.807) is 4.90 Å². The van der Waals surface area contributed by atoms with Crippen LogP contribution in [0, 0.1) is 11.6 Å². The fraction of sp³-hybridized carbons (Fsp3) is 0.500. The van der Waals surface area contributed by atoms with Gasteiger partial charge in [-0.2, -0.15) is 0 Å². The van der Waals surface area contributed by atoms with Gasteiger partial charge in [-0.3, -0.25) is 4.79 Å². The van der Waals surface area contributed by atoms with Gasteiger partial charge in [-0.25, -0.2) is 8.78 Å². The maximum atomic E-state index is 13.5. The second kappa shape index (κ2) is 8.60. The van der Waals surface area contributed by atoms with E-state index in [9.17, 15) is 13.6 Å². The lowest BCUT2D eigenvalue weighted by molar-refractivity contribution is -0.131. The molecule has 0 aliphatic heterocycles. The molecule has 0 aliphatic carbocycles. The van der Waals surface area contributed by atoms with Crippen LogP contribution in [0.3, 0.4) is 0 Å². The number of methoxy groups -OCH3 is 1. The van der Waals surface area contributed by atoms with Gasteiger partial charge in [0, 0.05) is 25.8 Å². The molecule has 0 spiro atoms. The summed E-state index contributed by atoms with van der Waals surface area (Å²) in [6.45, 7) is 1.74. The molecule has 112 valence electrons. The molecule has 0 saturated carbocycles. The lowest BCUT2D eigenvalue weighted by Gasteiger charge is -2.22. The predicted octanol–water partition coefficient (Wildman–Crippen LogP) is 1.33. The van der Waals surface area contributed by atoms with Gasteiger partial charge in [0.1, 0.15) is 0 Å². The Labute approximate surface area is 117 Å². The Balaban J connectivity index is 2.71. The summed E-state index contributed by atoms with van der Waals surface area (Å²) in [4.78, 5) is 13.7. The number of benzene rings is 1. The van der Waals surface area contributed by atoms with Crippen LogP contribution >= 0.6 is 0 Å². The molecule has 0 aromatic heterocycles. The number of nitrogens with zero attached hydrogens (tertiary/aromatic N) is 1. The largest absolute Gasteiger partial charge is 0.383 e. The summed E-state index contributed by atoms with van der Waals surface area (Å²) < 4.78 is 31.6. The first kappa shape index (κ1) is 16.5. The minimum Gasteiger partial charge on any atom is -0.383 e. The first-order valence-corrected chi connectivity index (χ1v) is 6.49. The highest BCUT2D eigenvalue weighted by Crippen LogP contribution is 2.13. The molecule has 0 fully saturated rings. The van der Waals surface area contributed by atoms with E-state index in [4.69, 9.17) is 10.5 Å². The van der Waals surface area contributed by atoms with Crippen molar-refractivity contribution in [2.24, 2.45) is 5.73 Å². The molecule has 20 heavy (non-hydrogen) atoms. The normalized spacial score (nSPS) is 10.6. The van der Waals surface area contributed by atoms with Crippen molar-refractivity contribution >= 4 is 5.91 Å². The Kier molecular flexibility index (Phi) is 7.11. The fourth-order valence-corrected chi connectivity index (χ4v) is 1.80. The highest BCUT2D eigenvalue weighted by atomic mass is 19.2. The molecule has 4 nitrogen and oxygen atoms in total. The predicted molar refractivity (Wildman–Crippen MR) is 72.2 cm³/mol. The van der Waals surface area contributed by atoms with Crippen molar-refractivity contribution in [2.75, 3.05) is 33.4 Å². The van der Waals surface area contributed by atoms with E-state index < -0.39 is 11.6 Å². The van der Waals surface area contributed by atoms with Crippen LogP contribution in [0.4, 0.5) is 8.78 Å². The Morgan fingerprint density at radius 3 is 2.75 bits per heavy atom. The molecular formula is C14H20F2N2O2. The third-order valence-electron chi connectivity index (χ3n) is 2.92. The summed E-state index contributed by atoms with van der Waals surface area (Å²) in [5.41, 5.74) is 5.48. The molecule has 0 bridgehead atoms. The molecule has 0 saturated heterocycles. The van der Waals surface area contributed by atoms with E-state index in [0.29, 0.717) is 32.7 Å². The average Bonchev–Trinajstić information content (AvgIpc) is 2.44. The lowest BCUT2D eigenvalue weighted by Crippen LogP contribution is -2.36. The number of hydrogen-bond acceptors (Lipinski definition) is 3. The lowest BCUT2D eigenvalue weighted by atomic mass is 10.1. The molecule has 6 heteroatoms. The highest BCUT2D eigenvalue weighted by Gasteiger charge is 2.17. The number of carbonyl (C=O) groups is 1. The summed E-state index contributed by atoms with van der Waals surface area (Å²) in [5, 5.41) is 0. The molecule has 0 unspecified atom stereocenters. The van der Waals surface area contributed by atoms with Gasteiger partial charge in [0.15, 0.2) is 11.6 Å². The molecule has 1 aromatic carbocycles. The van der Waals surface area contributed by atoms with Crippen molar-refractivity contribution in [1.82, 2.24) is 4.90 Å². The Morgan fingerprint density at radius 2 is 2.10 bits per heavy atom. The maximum absolute atomic E-state index is 13.5. The van der Waals surface area contributed by atoms with E-state index in [2.05, 4.69) is 0 Å². The minimum absolute atomic E-state index is 0.0603. The van der Waals surface area contributed by atoms with Gasteiger partial charge in [-0.05, 0) is 19.0 Å². The highest BCUT2D eigenvalue weighted by molar-refractivity contribution is 5.78. The fourth-order valence-electron chi connectivity index (χ4n) is 1.80. The Hall–Kier alpha value is -1.53. The quantitative estimate of drug-likeness (QED) is 0.784. The van der Waals surface area contributed by atoms with Gasteiger partial charge < -0.3 is 15.4 Å². The second-order valence-corrected chi connectivity index (χ2v) is 4.41. The van der Waals surface area contributed by atoms with Gasteiger partial charge in [-0.15, -0.1) is 0 Å². The van der Waals surface area contributed by atoms with Crippen molar-refractivity contribution in [2.45, 2.75) is 12.8 Å². The summed E-state index contributed by atoms with van der Waals surface area (Å²) >= 11 is 0. The van der Waals surface area contributed by atoms with Gasteiger partial charge in [0.25, 0.3) is 0 Å². The Bertz CT molecular complexity index is 433. The molecule has 1 aromatic rings. The van der Waals surface area contributed by atoms with Gasteiger partial charge in [0.05, 0.1) is 13.0 Å². The summed E-state index contributed by atoms with van der Waals surface area (Å²) in [6, 6.07) is 3.83. The standard InChI is InChI=1S/C14H20F2N2O2/c1-20-9-8-18(7-3-6-17)13(19)10-11-4-2-5-12(15)14(11)16/h2,4-5H,3,6-10,17H2,1H3. The van der Waals surface area contributed by atoms with E-state index in [1.807, 2.05) is 0 Å². The van der Waals surface area contributed by atoms with Crippen LogP contribution in [-0.4, -0.2) is 44.2 Å². The number of ether oxygens (including phenoxy) is 1. The smallest absolute Gasteiger partial charge is 0.227 e. The zero-order valence-corrected chi connectivity index (χ0v) is 11.6. The van der Waals surface area contributed by atoms with Crippen LogP contribution < -0.4 is 5.73 Å². The number of carbonyl (C=O) groups excluding carboxylic acids is 1. The molecule has 2 N–H and O–H groups in total. The number of halogens is 2. The molecule has 0 aliphatic rings. The van der Waals surface area contributed by atoms with Crippen LogP contribution in [0.5, 0.6) is 0 Å². The van der Waals surface area contributed by atoms with E-state index in [1.165, 1.54) is 19.2 Å². The number of hydrogen-bond donors (Lipinski definition) is 1. The molecule has 1 rings (SSSR count). The topological polar surface area (TPSA) is 55.6 Å². The number of nitrogens with two attached hydrogens (primary N) is 1. The van der Waals surface area contributed by atoms with E-state index in [-0.39, 0.29) is 17.9 Å². The van der Waals surface area contributed by atoms with Crippen molar-refractivity contribution in [1.29, 1.82) is 0 Å². The van der Waals surface area contributed by atoms with Crippen LogP contribution in [0.2, 0.25) is 0 Å². The zero-order chi connectivity index (χ0) is 15.0. The first-order chi connectivity index (χ1) is 9.60. The SMILES string of the molecule is COCCN(CCCN)C(=O)Cc1cccc(F)c1F. The molecule has 0 heterocycles. The van der Waals surface area contributed by atoms with Crippen LogP contribution in [0.15, 0.2) is 18.2 Å². The van der Waals surface area contributed by atoms with Gasteiger partial charge >= 0.3 is 0 Å². The minimum atomic E-state index is -0.966. The first-order valence-electron chi connectivity index (χ1n) is 6.49. The molecule has 0 atom stereocenters. The third-order valence-corrected chi connectivity index (χ3v) is 2.92. The summed E-state index contributed by atoms with van der Waals surface area (Å²) in [7, 11) is 1.54. The van der Waals surface area contributed by atoms with Gasteiger partial charge in [0.2, 0.25) is 5.91 Å². The molecule has 1 amide bonds. The summed E-state index contributed by atoms with van der Waals surface area (Å²) in [5.74, 6) is -2.17. The van der Waals surface area contributed by atoms with Crippen molar-refractivity contribution in [3.8, 4) is 0 Å². The van der Waals surface area contributed by atoms with Crippen LogP contribution in [0.25, 0.3) is 0 Å². The molecule has 0 radical (unpaired) electrons. The van der Waals surface area contributed by atoms with Crippen molar-refractivity contribution in [3.05, 3.63) is 35.4 Å². The van der Waals surface area contributed by atoms with Crippen molar-refractivity contribution in [3.63, 3.8) is 0 Å². The zero-order valence-electron chi connectivity index (χ0n) is 11.6. The average molecular weight is 286 g/mol.